The van der Waals surface area contributed by atoms with E-state index in [1.807, 2.05) is 28.0 Å². The number of hydrogen-bond donors (Lipinski definition) is 0. The first kappa shape index (κ1) is 16.5. The third kappa shape index (κ3) is 2.73. The molecule has 3 aliphatic rings. The summed E-state index contributed by atoms with van der Waals surface area (Å²) in [7, 11) is 2.08. The fourth-order valence-electron chi connectivity index (χ4n) is 4.33. The van der Waals surface area contributed by atoms with E-state index in [2.05, 4.69) is 18.0 Å². The fourth-order valence-corrected chi connectivity index (χ4v) is 4.33. The number of anilines is 1. The second-order valence-electron chi connectivity index (χ2n) is 7.53. The van der Waals surface area contributed by atoms with E-state index in [1.54, 1.807) is 6.92 Å². The SMILES string of the molecule is CC(=O)N1CC2(COC(C(=O)N3CCN(C)CC3)C2)c2ccccc21. The summed E-state index contributed by atoms with van der Waals surface area (Å²) in [6.45, 7) is 6.04. The number of likely N-dealkylation sites (N-methyl/N-ethyl adjacent to an activating group) is 1. The third-order valence-corrected chi connectivity index (χ3v) is 5.83. The van der Waals surface area contributed by atoms with Crippen LogP contribution in [0.1, 0.15) is 18.9 Å². The maximum absolute atomic E-state index is 12.9. The summed E-state index contributed by atoms with van der Waals surface area (Å²) in [5.74, 6) is 0.141. The normalized spacial score (nSPS) is 29.3. The Kier molecular flexibility index (Phi) is 4.04. The minimum Gasteiger partial charge on any atom is -0.367 e. The van der Waals surface area contributed by atoms with Crippen molar-refractivity contribution >= 4 is 17.5 Å². The molecular weight excluding hydrogens is 318 g/mol. The second-order valence-corrected chi connectivity index (χ2v) is 7.53. The zero-order chi connectivity index (χ0) is 17.6. The van der Waals surface area contributed by atoms with Crippen molar-refractivity contribution in [2.45, 2.75) is 24.9 Å². The van der Waals surface area contributed by atoms with E-state index in [0.29, 0.717) is 19.6 Å². The van der Waals surface area contributed by atoms with E-state index < -0.39 is 6.10 Å². The Morgan fingerprint density at radius 2 is 1.88 bits per heavy atom. The summed E-state index contributed by atoms with van der Waals surface area (Å²) in [5.41, 5.74) is 1.85. The van der Waals surface area contributed by atoms with Crippen LogP contribution in [0.3, 0.4) is 0 Å². The maximum Gasteiger partial charge on any atom is 0.251 e. The molecule has 3 heterocycles. The van der Waals surface area contributed by atoms with Crippen molar-refractivity contribution in [1.29, 1.82) is 0 Å². The lowest BCUT2D eigenvalue weighted by molar-refractivity contribution is -0.142. The largest absolute Gasteiger partial charge is 0.367 e. The van der Waals surface area contributed by atoms with Crippen molar-refractivity contribution in [3.63, 3.8) is 0 Å². The van der Waals surface area contributed by atoms with Gasteiger partial charge < -0.3 is 19.4 Å². The van der Waals surface area contributed by atoms with Crippen LogP contribution in [0, 0.1) is 0 Å². The molecule has 134 valence electrons. The van der Waals surface area contributed by atoms with Gasteiger partial charge in [0.1, 0.15) is 6.10 Å². The van der Waals surface area contributed by atoms with Gasteiger partial charge in [-0.05, 0) is 25.1 Å². The first-order chi connectivity index (χ1) is 12.0. The van der Waals surface area contributed by atoms with E-state index in [0.717, 1.165) is 37.4 Å². The van der Waals surface area contributed by atoms with E-state index in [1.165, 1.54) is 0 Å². The monoisotopic (exact) mass is 343 g/mol. The number of para-hydroxylation sites is 1. The topological polar surface area (TPSA) is 53.1 Å². The highest BCUT2D eigenvalue weighted by Gasteiger charge is 2.51. The smallest absolute Gasteiger partial charge is 0.251 e. The highest BCUT2D eigenvalue weighted by Crippen LogP contribution is 2.47. The van der Waals surface area contributed by atoms with E-state index >= 15 is 0 Å². The highest BCUT2D eigenvalue weighted by atomic mass is 16.5. The van der Waals surface area contributed by atoms with Crippen LogP contribution in [0.5, 0.6) is 0 Å². The Morgan fingerprint density at radius 1 is 1.16 bits per heavy atom. The van der Waals surface area contributed by atoms with Gasteiger partial charge in [0.2, 0.25) is 5.91 Å². The van der Waals surface area contributed by atoms with Crippen LogP contribution in [0.4, 0.5) is 5.69 Å². The van der Waals surface area contributed by atoms with Crippen LogP contribution in [-0.2, 0) is 19.7 Å². The van der Waals surface area contributed by atoms with Crippen molar-refractivity contribution in [2.75, 3.05) is 51.3 Å². The van der Waals surface area contributed by atoms with Gasteiger partial charge in [-0.3, -0.25) is 9.59 Å². The van der Waals surface area contributed by atoms with Crippen LogP contribution >= 0.6 is 0 Å². The van der Waals surface area contributed by atoms with Crippen LogP contribution in [-0.4, -0.2) is 74.1 Å². The molecule has 2 fully saturated rings. The quantitative estimate of drug-likeness (QED) is 0.759. The Bertz CT molecular complexity index is 699. The molecule has 1 aromatic rings. The van der Waals surface area contributed by atoms with Crippen LogP contribution in [0.2, 0.25) is 0 Å². The van der Waals surface area contributed by atoms with Crippen LogP contribution in [0.25, 0.3) is 0 Å². The summed E-state index contributed by atoms with van der Waals surface area (Å²) in [6, 6.07) is 8.02. The number of carbonyl (C=O) groups excluding carboxylic acids is 2. The van der Waals surface area contributed by atoms with Crippen LogP contribution < -0.4 is 4.90 Å². The molecule has 1 aromatic carbocycles. The first-order valence-corrected chi connectivity index (χ1v) is 8.97. The van der Waals surface area contributed by atoms with Gasteiger partial charge in [-0.1, -0.05) is 18.2 Å². The van der Waals surface area contributed by atoms with Gasteiger partial charge in [-0.25, -0.2) is 0 Å². The summed E-state index contributed by atoms with van der Waals surface area (Å²) >= 11 is 0. The third-order valence-electron chi connectivity index (χ3n) is 5.83. The van der Waals surface area contributed by atoms with Gasteiger partial charge in [0.05, 0.1) is 6.61 Å². The molecular formula is C19H25N3O3. The number of amides is 2. The number of piperazine rings is 1. The molecule has 2 unspecified atom stereocenters. The summed E-state index contributed by atoms with van der Waals surface area (Å²) in [6.07, 6.45) is 0.252. The standard InChI is InChI=1S/C19H25N3O3/c1-14(23)22-12-19(15-5-3-4-6-16(15)22)11-17(25-13-19)18(24)21-9-7-20(2)8-10-21/h3-6,17H,7-13H2,1-2H3. The number of fused-ring (bicyclic) bond motifs is 2. The average Bonchev–Trinajstić information content (AvgIpc) is 3.18. The van der Waals surface area contributed by atoms with E-state index in [9.17, 15) is 9.59 Å². The van der Waals surface area contributed by atoms with Gasteiger partial charge in [0.25, 0.3) is 5.91 Å². The molecule has 0 aromatic heterocycles. The van der Waals surface area contributed by atoms with Gasteiger partial charge >= 0.3 is 0 Å². The predicted molar refractivity (Wildman–Crippen MR) is 94.6 cm³/mol. The molecule has 2 amide bonds. The number of carbonyl (C=O) groups is 2. The van der Waals surface area contributed by atoms with Crippen molar-refractivity contribution in [3.8, 4) is 0 Å². The Hall–Kier alpha value is -1.92. The molecule has 0 N–H and O–H groups in total. The average molecular weight is 343 g/mol. The highest BCUT2D eigenvalue weighted by molar-refractivity contribution is 5.95. The molecule has 6 heteroatoms. The molecule has 2 atom stereocenters. The summed E-state index contributed by atoms with van der Waals surface area (Å²) < 4.78 is 5.97. The number of hydrogen-bond acceptors (Lipinski definition) is 4. The molecule has 25 heavy (non-hydrogen) atoms. The minimum absolute atomic E-state index is 0.0400. The molecule has 1 spiro atoms. The minimum atomic E-state index is -0.400. The summed E-state index contributed by atoms with van der Waals surface area (Å²) in [4.78, 5) is 30.9. The van der Waals surface area contributed by atoms with E-state index in [-0.39, 0.29) is 17.2 Å². The number of ether oxygens (including phenoxy) is 1. The lowest BCUT2D eigenvalue weighted by atomic mass is 9.80. The lowest BCUT2D eigenvalue weighted by Gasteiger charge is -2.33. The number of nitrogens with zero attached hydrogens (tertiary/aromatic N) is 3. The zero-order valence-electron chi connectivity index (χ0n) is 14.9. The first-order valence-electron chi connectivity index (χ1n) is 8.97. The fraction of sp³-hybridized carbons (Fsp3) is 0.579. The molecule has 4 rings (SSSR count). The van der Waals surface area contributed by atoms with Gasteiger partial charge in [0.15, 0.2) is 0 Å². The molecule has 0 saturated carbocycles. The van der Waals surface area contributed by atoms with Crippen molar-refractivity contribution in [2.24, 2.45) is 0 Å². The van der Waals surface area contributed by atoms with Crippen molar-refractivity contribution in [3.05, 3.63) is 29.8 Å². The summed E-state index contributed by atoms with van der Waals surface area (Å²) in [5, 5.41) is 0. The zero-order valence-corrected chi connectivity index (χ0v) is 14.9. The molecule has 3 aliphatic heterocycles. The Balaban J connectivity index is 1.54. The Labute approximate surface area is 148 Å². The van der Waals surface area contributed by atoms with Crippen molar-refractivity contribution in [1.82, 2.24) is 9.80 Å². The maximum atomic E-state index is 12.9. The molecule has 0 radical (unpaired) electrons. The molecule has 0 aliphatic carbocycles. The lowest BCUT2D eigenvalue weighted by Crippen LogP contribution is -2.50. The number of benzene rings is 1. The van der Waals surface area contributed by atoms with Gasteiger partial charge in [-0.15, -0.1) is 0 Å². The van der Waals surface area contributed by atoms with Crippen molar-refractivity contribution < 1.29 is 14.3 Å². The second kappa shape index (κ2) is 6.11. The van der Waals surface area contributed by atoms with Crippen LogP contribution in [0.15, 0.2) is 24.3 Å². The number of rotatable bonds is 1. The van der Waals surface area contributed by atoms with E-state index in [4.69, 9.17) is 4.74 Å². The van der Waals surface area contributed by atoms with Gasteiger partial charge in [-0.2, -0.15) is 0 Å². The Morgan fingerprint density at radius 3 is 2.60 bits per heavy atom. The molecule has 2 saturated heterocycles. The predicted octanol–water partition coefficient (Wildman–Crippen LogP) is 0.854. The molecule has 6 nitrogen and oxygen atoms in total. The molecule has 0 bridgehead atoms. The van der Waals surface area contributed by atoms with Gasteiger partial charge in [0, 0.05) is 50.7 Å².